The summed E-state index contributed by atoms with van der Waals surface area (Å²) < 4.78 is 0. The molecule has 0 saturated heterocycles. The van der Waals surface area contributed by atoms with Gasteiger partial charge in [0, 0.05) is 0 Å². The summed E-state index contributed by atoms with van der Waals surface area (Å²) in [5, 5.41) is 3.33. The molecule has 0 aromatic heterocycles. The largest absolute Gasteiger partial charge is 0.286 e. The van der Waals surface area contributed by atoms with Crippen LogP contribution in [0, 0.1) is 24.7 Å². The van der Waals surface area contributed by atoms with Crippen LogP contribution in [0.5, 0.6) is 0 Å². The van der Waals surface area contributed by atoms with Crippen molar-refractivity contribution in [2.75, 3.05) is 0 Å². The maximum Gasteiger partial charge on any atom is 0.0778 e. The molecule has 2 unspecified atom stereocenters. The highest BCUT2D eigenvalue weighted by Gasteiger charge is 2.28. The maximum atomic E-state index is 5.45. The van der Waals surface area contributed by atoms with Crippen molar-refractivity contribution in [1.82, 2.24) is 5.32 Å². The SMILES string of the molecule is C#CC(C)(CC)NC(C)(C#C)CC. The molecule has 1 N–H and O–H groups in total. The Morgan fingerprint density at radius 2 is 1.31 bits per heavy atom. The minimum Gasteiger partial charge on any atom is -0.286 e. The average Bonchev–Trinajstić information content (AvgIpc) is 2.17. The molecular formula is C12H19N. The molecule has 1 heteroatoms. The third kappa shape index (κ3) is 3.13. The fourth-order valence-corrected chi connectivity index (χ4v) is 1.06. The molecule has 13 heavy (non-hydrogen) atoms. The Hall–Kier alpha value is -0.920. The molecule has 0 radical (unpaired) electrons. The van der Waals surface area contributed by atoms with Crippen molar-refractivity contribution >= 4 is 0 Å². The van der Waals surface area contributed by atoms with Crippen molar-refractivity contribution in [3.63, 3.8) is 0 Å². The first-order chi connectivity index (χ1) is 5.95. The summed E-state index contributed by atoms with van der Waals surface area (Å²) in [5.41, 5.74) is -0.589. The van der Waals surface area contributed by atoms with Crippen molar-refractivity contribution in [1.29, 1.82) is 0 Å². The van der Waals surface area contributed by atoms with Gasteiger partial charge in [0.15, 0.2) is 0 Å². The van der Waals surface area contributed by atoms with Crippen LogP contribution in [0.2, 0.25) is 0 Å². The lowest BCUT2D eigenvalue weighted by atomic mass is 9.91. The predicted molar refractivity (Wildman–Crippen MR) is 58.2 cm³/mol. The molecule has 0 aromatic rings. The van der Waals surface area contributed by atoms with Gasteiger partial charge < -0.3 is 0 Å². The van der Waals surface area contributed by atoms with Crippen LogP contribution in [-0.2, 0) is 0 Å². The Morgan fingerprint density at radius 3 is 1.46 bits per heavy atom. The molecule has 0 rings (SSSR count). The summed E-state index contributed by atoms with van der Waals surface area (Å²) in [4.78, 5) is 0. The van der Waals surface area contributed by atoms with Crippen molar-refractivity contribution in [2.45, 2.75) is 51.6 Å². The molecule has 0 amide bonds. The van der Waals surface area contributed by atoms with E-state index in [1.165, 1.54) is 0 Å². The lowest BCUT2D eigenvalue weighted by Gasteiger charge is -2.34. The van der Waals surface area contributed by atoms with E-state index in [1.807, 2.05) is 13.8 Å². The molecule has 72 valence electrons. The number of nitrogens with one attached hydrogen (secondary N) is 1. The first kappa shape index (κ1) is 12.1. The molecule has 0 fully saturated rings. The van der Waals surface area contributed by atoms with E-state index >= 15 is 0 Å². The van der Waals surface area contributed by atoms with Crippen LogP contribution in [-0.4, -0.2) is 11.1 Å². The van der Waals surface area contributed by atoms with Crippen LogP contribution >= 0.6 is 0 Å². The standard InChI is InChI=1S/C12H19N/c1-7-11(5,8-2)13-12(6,9-3)10-4/h1,3,13H,8,10H2,2,4-6H3. The van der Waals surface area contributed by atoms with Crippen LogP contribution in [0.15, 0.2) is 0 Å². The Labute approximate surface area is 82.3 Å². The van der Waals surface area contributed by atoms with Gasteiger partial charge in [-0.3, -0.25) is 5.32 Å². The Bertz CT molecular complexity index is 217. The first-order valence-corrected chi connectivity index (χ1v) is 4.70. The molecular weight excluding hydrogens is 158 g/mol. The zero-order valence-electron chi connectivity index (χ0n) is 9.07. The monoisotopic (exact) mass is 177 g/mol. The normalized spacial score (nSPS) is 19.2. The van der Waals surface area contributed by atoms with Crippen molar-refractivity contribution in [3.05, 3.63) is 0 Å². The van der Waals surface area contributed by atoms with Crippen molar-refractivity contribution in [2.24, 2.45) is 0 Å². The van der Waals surface area contributed by atoms with Crippen LogP contribution in [0.3, 0.4) is 0 Å². The van der Waals surface area contributed by atoms with E-state index in [0.29, 0.717) is 0 Å². The molecule has 0 aliphatic carbocycles. The summed E-state index contributed by atoms with van der Waals surface area (Å²) in [6.45, 7) is 8.11. The zero-order valence-corrected chi connectivity index (χ0v) is 9.07. The fourth-order valence-electron chi connectivity index (χ4n) is 1.06. The molecule has 0 aromatic carbocycles. The van der Waals surface area contributed by atoms with E-state index in [1.54, 1.807) is 0 Å². The minimum atomic E-state index is -0.295. The lowest BCUT2D eigenvalue weighted by Crippen LogP contribution is -2.53. The van der Waals surface area contributed by atoms with E-state index in [0.717, 1.165) is 12.8 Å². The third-order valence-corrected chi connectivity index (χ3v) is 2.60. The maximum absolute atomic E-state index is 5.45. The molecule has 0 spiro atoms. The second-order valence-corrected chi connectivity index (χ2v) is 3.78. The van der Waals surface area contributed by atoms with Gasteiger partial charge in [0.05, 0.1) is 11.1 Å². The van der Waals surface area contributed by atoms with Gasteiger partial charge in [-0.1, -0.05) is 25.7 Å². The molecule has 0 saturated carbocycles. The van der Waals surface area contributed by atoms with E-state index < -0.39 is 0 Å². The lowest BCUT2D eigenvalue weighted by molar-refractivity contribution is 0.324. The highest BCUT2D eigenvalue weighted by Crippen LogP contribution is 2.16. The Morgan fingerprint density at radius 1 is 1.00 bits per heavy atom. The van der Waals surface area contributed by atoms with Gasteiger partial charge in [-0.25, -0.2) is 0 Å². The van der Waals surface area contributed by atoms with Gasteiger partial charge in [0.25, 0.3) is 0 Å². The van der Waals surface area contributed by atoms with Crippen molar-refractivity contribution < 1.29 is 0 Å². The molecule has 1 nitrogen and oxygen atoms in total. The summed E-state index contributed by atoms with van der Waals surface area (Å²) in [5.74, 6) is 5.49. The number of hydrogen-bond acceptors (Lipinski definition) is 1. The van der Waals surface area contributed by atoms with Crippen LogP contribution in [0.1, 0.15) is 40.5 Å². The second kappa shape index (κ2) is 4.35. The van der Waals surface area contributed by atoms with Gasteiger partial charge in [-0.15, -0.1) is 12.8 Å². The summed E-state index contributed by atoms with van der Waals surface area (Å²) >= 11 is 0. The second-order valence-electron chi connectivity index (χ2n) is 3.78. The molecule has 0 aliphatic rings. The topological polar surface area (TPSA) is 12.0 Å². The van der Waals surface area contributed by atoms with Crippen LogP contribution in [0.25, 0.3) is 0 Å². The van der Waals surface area contributed by atoms with Crippen LogP contribution < -0.4 is 5.32 Å². The highest BCUT2D eigenvalue weighted by molar-refractivity contribution is 5.18. The molecule has 2 atom stereocenters. The average molecular weight is 177 g/mol. The quantitative estimate of drug-likeness (QED) is 0.649. The predicted octanol–water partition coefficient (Wildman–Crippen LogP) is 2.18. The highest BCUT2D eigenvalue weighted by atomic mass is 15.0. The summed E-state index contributed by atoms with van der Waals surface area (Å²) in [6.07, 6.45) is 12.7. The van der Waals surface area contributed by atoms with E-state index in [9.17, 15) is 0 Å². The van der Waals surface area contributed by atoms with Gasteiger partial charge in [-0.2, -0.15) is 0 Å². The number of rotatable bonds is 4. The molecule has 0 heterocycles. The Kier molecular flexibility index (Phi) is 4.05. The minimum absolute atomic E-state index is 0.295. The molecule has 0 bridgehead atoms. The Balaban J connectivity index is 4.61. The fraction of sp³-hybridized carbons (Fsp3) is 0.667. The van der Waals surface area contributed by atoms with Gasteiger partial charge in [0.1, 0.15) is 0 Å². The number of terminal acetylenes is 2. The number of hydrogen-bond donors (Lipinski definition) is 1. The van der Waals surface area contributed by atoms with E-state index in [-0.39, 0.29) is 11.1 Å². The smallest absolute Gasteiger partial charge is 0.0778 e. The molecule has 0 aliphatic heterocycles. The third-order valence-electron chi connectivity index (χ3n) is 2.60. The van der Waals surface area contributed by atoms with E-state index in [2.05, 4.69) is 31.0 Å². The van der Waals surface area contributed by atoms with Crippen molar-refractivity contribution in [3.8, 4) is 24.7 Å². The zero-order chi connectivity index (χ0) is 10.5. The van der Waals surface area contributed by atoms with Gasteiger partial charge in [0.2, 0.25) is 0 Å². The van der Waals surface area contributed by atoms with Gasteiger partial charge >= 0.3 is 0 Å². The van der Waals surface area contributed by atoms with Crippen LogP contribution in [0.4, 0.5) is 0 Å². The summed E-state index contributed by atoms with van der Waals surface area (Å²) in [7, 11) is 0. The first-order valence-electron chi connectivity index (χ1n) is 4.70. The summed E-state index contributed by atoms with van der Waals surface area (Å²) in [6, 6.07) is 0. The van der Waals surface area contributed by atoms with Gasteiger partial charge in [-0.05, 0) is 26.7 Å². The van der Waals surface area contributed by atoms with E-state index in [4.69, 9.17) is 12.8 Å².